The van der Waals surface area contributed by atoms with Gasteiger partial charge in [0.2, 0.25) is 0 Å². The van der Waals surface area contributed by atoms with E-state index in [1.165, 1.54) is 33.5 Å². The quantitative estimate of drug-likeness (QED) is 0.150. The van der Waals surface area contributed by atoms with E-state index in [1.54, 1.807) is 0 Å². The molecule has 292 valence electrons. The first-order valence-corrected chi connectivity index (χ1v) is 19.7. The fourth-order valence-electron chi connectivity index (χ4n) is 7.80. The number of hydrogen-bond acceptors (Lipinski definition) is 3. The molecule has 0 bridgehead atoms. The second-order valence-electron chi connectivity index (χ2n) is 18.7. The van der Waals surface area contributed by atoms with Crippen LogP contribution in [0.5, 0.6) is 11.5 Å². The molecule has 0 saturated carbocycles. The molecule has 5 nitrogen and oxygen atoms in total. The van der Waals surface area contributed by atoms with E-state index < -0.39 is 0 Å². The van der Waals surface area contributed by atoms with E-state index in [0.717, 1.165) is 39.0 Å². The Morgan fingerprint density at radius 1 is 0.625 bits per heavy atom. The Bertz CT molecular complexity index is 2510. The van der Waals surface area contributed by atoms with Gasteiger partial charge >= 0.3 is 21.1 Å². The van der Waals surface area contributed by atoms with E-state index in [4.69, 9.17) is 14.8 Å². The van der Waals surface area contributed by atoms with Crippen molar-refractivity contribution >= 4 is 21.8 Å². The first-order valence-electron chi connectivity index (χ1n) is 19.7. The largest absolute Gasteiger partial charge is 2.00 e. The minimum Gasteiger partial charge on any atom is -0.509 e. The van der Waals surface area contributed by atoms with Crippen molar-refractivity contribution in [3.63, 3.8) is 0 Å². The zero-order valence-corrected chi connectivity index (χ0v) is 37.6. The summed E-state index contributed by atoms with van der Waals surface area (Å²) in [7, 11) is 0. The van der Waals surface area contributed by atoms with Gasteiger partial charge in [0, 0.05) is 39.6 Å². The van der Waals surface area contributed by atoms with E-state index in [9.17, 15) is 0 Å². The number of pyridine rings is 1. The van der Waals surface area contributed by atoms with Gasteiger partial charge in [-0.15, -0.1) is 35.7 Å². The van der Waals surface area contributed by atoms with Crippen LogP contribution in [-0.4, -0.2) is 19.3 Å². The van der Waals surface area contributed by atoms with E-state index in [1.807, 2.05) is 24.4 Å². The van der Waals surface area contributed by atoms with Crippen LogP contribution in [0.25, 0.3) is 44.4 Å². The summed E-state index contributed by atoms with van der Waals surface area (Å²) in [4.78, 5) is 4.85. The van der Waals surface area contributed by atoms with Crippen molar-refractivity contribution in [3.8, 4) is 34.1 Å². The third-order valence-electron chi connectivity index (χ3n) is 10.5. The van der Waals surface area contributed by atoms with Gasteiger partial charge < -0.3 is 9.30 Å². The van der Waals surface area contributed by atoms with Crippen LogP contribution < -0.4 is 4.74 Å². The molecule has 0 amide bonds. The summed E-state index contributed by atoms with van der Waals surface area (Å²) in [5.41, 5.74) is 11.1. The van der Waals surface area contributed by atoms with Gasteiger partial charge in [0.1, 0.15) is 5.82 Å². The molecule has 3 aromatic heterocycles. The number of para-hydroxylation sites is 1. The van der Waals surface area contributed by atoms with Crippen LogP contribution in [0.15, 0.2) is 91.1 Å². The van der Waals surface area contributed by atoms with Gasteiger partial charge in [0.05, 0.1) is 11.4 Å². The summed E-state index contributed by atoms with van der Waals surface area (Å²) in [5, 5.41) is 7.74. The maximum Gasteiger partial charge on any atom is 2.00 e. The van der Waals surface area contributed by atoms with Crippen LogP contribution in [0.3, 0.4) is 0 Å². The Hall–Kier alpha value is -4.47. The molecule has 0 saturated heterocycles. The Kier molecular flexibility index (Phi) is 11.1. The number of fused-ring (bicyclic) bond motifs is 3. The third-order valence-corrected chi connectivity index (χ3v) is 10.5. The van der Waals surface area contributed by atoms with E-state index in [2.05, 4.69) is 178 Å². The Labute approximate surface area is 348 Å². The molecule has 0 aliphatic carbocycles. The second kappa shape index (κ2) is 15.1. The Morgan fingerprint density at radius 2 is 1.27 bits per heavy atom. The third kappa shape index (κ3) is 7.64. The minimum absolute atomic E-state index is 0. The van der Waals surface area contributed by atoms with Crippen molar-refractivity contribution < 1.29 is 25.8 Å². The standard InChI is InChI=1S/C50H56N4O.Pt/c1-31(2)37-21-17-22-38(32(3)4)44(37)45-46(49(8,9)10)52-54(47(45)50(11,12)13)34-18-16-19-35(29-34)55-36-24-25-40-39-20-14-15-23-41(39)53(42(40)30-36)43-28-33(26-27-51-43)48(5,6)7;/h14-28,31-32H,1-13H3;/q-2;+2. The van der Waals surface area contributed by atoms with E-state index >= 15 is 0 Å². The summed E-state index contributed by atoms with van der Waals surface area (Å²) in [6, 6.07) is 37.0. The number of ether oxygens (including phenoxy) is 1. The van der Waals surface area contributed by atoms with Crippen LogP contribution in [0.4, 0.5) is 0 Å². The number of hydrogen-bond donors (Lipinski definition) is 0. The van der Waals surface area contributed by atoms with Crippen molar-refractivity contribution in [3.05, 3.63) is 131 Å². The summed E-state index contributed by atoms with van der Waals surface area (Å²) in [6.45, 7) is 29.5. The van der Waals surface area contributed by atoms with Crippen molar-refractivity contribution in [2.75, 3.05) is 0 Å². The molecule has 7 rings (SSSR count). The molecular weight excluding hydrogens is 868 g/mol. The first kappa shape index (κ1) is 41.2. The predicted octanol–water partition coefficient (Wildman–Crippen LogP) is 13.6. The zero-order valence-electron chi connectivity index (χ0n) is 35.3. The van der Waals surface area contributed by atoms with Crippen molar-refractivity contribution in [2.24, 2.45) is 0 Å². The molecule has 0 fully saturated rings. The molecule has 0 spiro atoms. The summed E-state index contributed by atoms with van der Waals surface area (Å²) in [5.74, 6) is 2.78. The van der Waals surface area contributed by atoms with Gasteiger partial charge in [-0.2, -0.15) is 17.2 Å². The maximum absolute atomic E-state index is 6.64. The molecule has 0 unspecified atom stereocenters. The summed E-state index contributed by atoms with van der Waals surface area (Å²) in [6.07, 6.45) is 1.90. The monoisotopic (exact) mass is 923 g/mol. The van der Waals surface area contributed by atoms with Gasteiger partial charge in [0.25, 0.3) is 0 Å². The van der Waals surface area contributed by atoms with Crippen LogP contribution in [-0.2, 0) is 37.3 Å². The number of nitrogens with zero attached hydrogens (tertiary/aromatic N) is 4. The molecule has 0 N–H and O–H groups in total. The zero-order chi connectivity index (χ0) is 39.6. The van der Waals surface area contributed by atoms with Gasteiger partial charge in [-0.25, -0.2) is 4.98 Å². The molecule has 6 heteroatoms. The average molecular weight is 924 g/mol. The van der Waals surface area contributed by atoms with Gasteiger partial charge in [-0.3, -0.25) is 4.68 Å². The fourth-order valence-corrected chi connectivity index (χ4v) is 7.80. The van der Waals surface area contributed by atoms with Gasteiger partial charge in [0.15, 0.2) is 0 Å². The molecular formula is C50H56N4OPt. The number of aromatic nitrogens is 4. The molecule has 0 atom stereocenters. The SMILES string of the molecule is CC(C)c1cccc(C(C)C)c1-c1c(C(C)(C)C)nn(-c2[c-]c(Oc3[c-]c4c(cc3)c3ccccc3n4-c3cc(C(C)(C)C)ccn3)ccc2)c1C(C)(C)C.[Pt+2]. The molecule has 3 heterocycles. The summed E-state index contributed by atoms with van der Waals surface area (Å²) >= 11 is 0. The second-order valence-corrected chi connectivity index (χ2v) is 18.7. The van der Waals surface area contributed by atoms with Crippen LogP contribution in [0.2, 0.25) is 0 Å². The van der Waals surface area contributed by atoms with E-state index in [0.29, 0.717) is 23.3 Å². The predicted molar refractivity (Wildman–Crippen MR) is 230 cm³/mol. The van der Waals surface area contributed by atoms with Gasteiger partial charge in [-0.05, 0) is 68.8 Å². The minimum atomic E-state index is -0.237. The van der Waals surface area contributed by atoms with Gasteiger partial charge in [-0.1, -0.05) is 132 Å². The topological polar surface area (TPSA) is 44.9 Å². The van der Waals surface area contributed by atoms with Crippen molar-refractivity contribution in [1.82, 2.24) is 19.3 Å². The van der Waals surface area contributed by atoms with Crippen LogP contribution in [0.1, 0.15) is 130 Å². The number of rotatable bonds is 7. The molecule has 4 aromatic carbocycles. The summed E-state index contributed by atoms with van der Waals surface area (Å²) < 4.78 is 11.0. The van der Waals surface area contributed by atoms with Crippen LogP contribution >= 0.6 is 0 Å². The average Bonchev–Trinajstić information content (AvgIpc) is 3.69. The Morgan fingerprint density at radius 3 is 1.89 bits per heavy atom. The molecule has 0 aliphatic rings. The molecule has 7 aromatic rings. The van der Waals surface area contributed by atoms with Crippen molar-refractivity contribution in [1.29, 1.82) is 0 Å². The Balaban J connectivity index is 0.00000532. The smallest absolute Gasteiger partial charge is 0.509 e. The maximum atomic E-state index is 6.64. The van der Waals surface area contributed by atoms with Crippen molar-refractivity contribution in [2.45, 2.75) is 118 Å². The fraction of sp³-hybridized carbons (Fsp3) is 0.360. The number of benzene rings is 4. The molecule has 56 heavy (non-hydrogen) atoms. The molecule has 0 aliphatic heterocycles. The van der Waals surface area contributed by atoms with E-state index in [-0.39, 0.29) is 37.3 Å². The molecule has 0 radical (unpaired) electrons. The first-order chi connectivity index (χ1) is 25.8. The normalized spacial score (nSPS) is 12.6. The van der Waals surface area contributed by atoms with Crippen LogP contribution in [0, 0.1) is 12.1 Å².